The fourth-order valence-corrected chi connectivity index (χ4v) is 2.22. The van der Waals surface area contributed by atoms with Gasteiger partial charge in [0.2, 0.25) is 0 Å². The second-order valence-electron chi connectivity index (χ2n) is 3.50. The Labute approximate surface area is 102 Å². The Hall–Kier alpha value is -0.780. The summed E-state index contributed by atoms with van der Waals surface area (Å²) in [4.78, 5) is 11.3. The van der Waals surface area contributed by atoms with E-state index in [2.05, 4.69) is 34.0 Å². The first-order valence-electron chi connectivity index (χ1n) is 4.87. The molecule has 1 unspecified atom stereocenters. The highest BCUT2D eigenvalue weighted by atomic mass is 127. The predicted octanol–water partition coefficient (Wildman–Crippen LogP) is 2.00. The summed E-state index contributed by atoms with van der Waals surface area (Å²) in [7, 11) is 0. The Bertz CT molecular complexity index is 367. The molecule has 1 atom stereocenters. The van der Waals surface area contributed by atoms with Crippen molar-refractivity contribution in [1.82, 2.24) is 0 Å². The van der Waals surface area contributed by atoms with E-state index in [1.165, 1.54) is 5.56 Å². The molecule has 0 spiro atoms. The number of cyclic esters (lactones) is 1. The Morgan fingerprint density at radius 3 is 3.07 bits per heavy atom. The number of esters is 1. The number of hydrogen-bond acceptors (Lipinski definition) is 3. The molecule has 1 N–H and O–H groups in total. The second-order valence-corrected chi connectivity index (χ2v) is 5.26. The number of para-hydroxylation sites is 1. The number of rotatable bonds is 0. The van der Waals surface area contributed by atoms with Crippen LogP contribution in [-0.4, -0.2) is 23.0 Å². The number of ether oxygens (including phenoxy) is 1. The van der Waals surface area contributed by atoms with Gasteiger partial charge < -0.3 is 10.1 Å². The van der Waals surface area contributed by atoms with Crippen molar-refractivity contribution in [3.63, 3.8) is 0 Å². The fourth-order valence-electron chi connectivity index (χ4n) is 1.57. The topological polar surface area (TPSA) is 38.3 Å². The number of hydrogen-bond donors (Lipinski definition) is 1. The lowest BCUT2D eigenvalue weighted by atomic mass is 10.1. The molecule has 0 fully saturated rings. The van der Waals surface area contributed by atoms with Crippen molar-refractivity contribution in [1.29, 1.82) is 0 Å². The van der Waals surface area contributed by atoms with Crippen LogP contribution in [0.1, 0.15) is 5.56 Å². The van der Waals surface area contributed by atoms with Gasteiger partial charge >= 0.3 is 5.97 Å². The van der Waals surface area contributed by atoms with Gasteiger partial charge in [-0.25, -0.2) is 0 Å². The minimum Gasteiger partial charge on any atom is -0.463 e. The van der Waals surface area contributed by atoms with Crippen LogP contribution < -0.4 is 5.32 Å². The van der Waals surface area contributed by atoms with E-state index in [-0.39, 0.29) is 12.5 Å². The fraction of sp³-hybridized carbons (Fsp3) is 0.364. The number of anilines is 1. The van der Waals surface area contributed by atoms with E-state index in [1.54, 1.807) is 0 Å². The van der Waals surface area contributed by atoms with Crippen LogP contribution in [0, 0.1) is 0 Å². The molecule has 0 bridgehead atoms. The number of halogens is 1. The molecule has 1 aromatic carbocycles. The molecular formula is C11H12INO2. The molecule has 0 aromatic heterocycles. The monoisotopic (exact) mass is 317 g/mol. The van der Waals surface area contributed by atoms with Crippen molar-refractivity contribution < 1.29 is 9.53 Å². The number of benzene rings is 1. The Kier molecular flexibility index (Phi) is 3.45. The maximum Gasteiger partial charge on any atom is 0.325 e. The Morgan fingerprint density at radius 1 is 1.40 bits per heavy atom. The summed E-state index contributed by atoms with van der Waals surface area (Å²) in [5, 5.41) is 3.10. The van der Waals surface area contributed by atoms with Crippen molar-refractivity contribution in [2.45, 2.75) is 10.3 Å². The molecule has 1 aromatic rings. The van der Waals surface area contributed by atoms with E-state index in [0.717, 1.165) is 12.1 Å². The molecule has 1 aliphatic rings. The third-order valence-electron chi connectivity index (χ3n) is 2.31. The Morgan fingerprint density at radius 2 is 2.20 bits per heavy atom. The molecule has 1 heterocycles. The molecule has 80 valence electrons. The zero-order chi connectivity index (χ0) is 10.7. The quantitative estimate of drug-likeness (QED) is 0.452. The van der Waals surface area contributed by atoms with E-state index in [1.807, 2.05) is 18.2 Å². The Balaban J connectivity index is 2.25. The van der Waals surface area contributed by atoms with E-state index in [0.29, 0.717) is 10.5 Å². The van der Waals surface area contributed by atoms with Crippen LogP contribution in [0.3, 0.4) is 0 Å². The van der Waals surface area contributed by atoms with Crippen LogP contribution in [0.2, 0.25) is 0 Å². The van der Waals surface area contributed by atoms with Gasteiger partial charge in [0.1, 0.15) is 13.2 Å². The van der Waals surface area contributed by atoms with E-state index >= 15 is 0 Å². The normalized spacial score (nSPS) is 21.4. The molecule has 1 aliphatic heterocycles. The average Bonchev–Trinajstić information content (AvgIpc) is 2.30. The second kappa shape index (κ2) is 4.83. The summed E-state index contributed by atoms with van der Waals surface area (Å²) >= 11 is 2.32. The standard InChI is InChI=1S/C11H12INO2/c12-9-5-8-3-1-2-4-10(8)13-6-11(14)15-7-9/h1-4,9,13H,5-7H2. The van der Waals surface area contributed by atoms with Gasteiger partial charge in [0.05, 0.1) is 0 Å². The molecule has 15 heavy (non-hydrogen) atoms. The van der Waals surface area contributed by atoms with Gasteiger partial charge in [-0.1, -0.05) is 40.8 Å². The van der Waals surface area contributed by atoms with Gasteiger partial charge in [-0.3, -0.25) is 4.79 Å². The molecule has 3 nitrogen and oxygen atoms in total. The van der Waals surface area contributed by atoms with Gasteiger partial charge in [-0.15, -0.1) is 0 Å². The first-order valence-corrected chi connectivity index (χ1v) is 6.12. The van der Waals surface area contributed by atoms with Gasteiger partial charge in [0.15, 0.2) is 0 Å². The predicted molar refractivity (Wildman–Crippen MR) is 67.4 cm³/mol. The molecule has 0 aliphatic carbocycles. The van der Waals surface area contributed by atoms with Gasteiger partial charge in [-0.05, 0) is 18.1 Å². The van der Waals surface area contributed by atoms with Crippen LogP contribution in [0.4, 0.5) is 5.69 Å². The highest BCUT2D eigenvalue weighted by molar-refractivity contribution is 14.1. The minimum atomic E-state index is -0.187. The lowest BCUT2D eigenvalue weighted by Gasteiger charge is -2.10. The maximum absolute atomic E-state index is 11.3. The average molecular weight is 317 g/mol. The van der Waals surface area contributed by atoms with Crippen LogP contribution in [0.15, 0.2) is 24.3 Å². The van der Waals surface area contributed by atoms with E-state index < -0.39 is 0 Å². The van der Waals surface area contributed by atoms with Crippen molar-refractivity contribution in [3.8, 4) is 0 Å². The molecule has 0 saturated heterocycles. The van der Waals surface area contributed by atoms with E-state index in [4.69, 9.17) is 4.74 Å². The zero-order valence-electron chi connectivity index (χ0n) is 8.20. The lowest BCUT2D eigenvalue weighted by Crippen LogP contribution is -2.18. The summed E-state index contributed by atoms with van der Waals surface area (Å²) in [6.07, 6.45) is 0.928. The summed E-state index contributed by atoms with van der Waals surface area (Å²) in [5.41, 5.74) is 2.29. The summed E-state index contributed by atoms with van der Waals surface area (Å²) in [6.45, 7) is 0.746. The summed E-state index contributed by atoms with van der Waals surface area (Å²) in [6, 6.07) is 8.07. The van der Waals surface area contributed by atoms with Crippen molar-refractivity contribution in [2.75, 3.05) is 18.5 Å². The molecule has 4 heteroatoms. The van der Waals surface area contributed by atoms with Crippen LogP contribution in [0.5, 0.6) is 0 Å². The molecule has 0 amide bonds. The van der Waals surface area contributed by atoms with Crippen molar-refractivity contribution in [2.24, 2.45) is 0 Å². The number of fused-ring (bicyclic) bond motifs is 1. The SMILES string of the molecule is O=C1CNc2ccccc2CC(I)CO1. The first kappa shape index (κ1) is 10.7. The van der Waals surface area contributed by atoms with Crippen molar-refractivity contribution >= 4 is 34.2 Å². The van der Waals surface area contributed by atoms with E-state index in [9.17, 15) is 4.79 Å². The number of carbonyl (C=O) groups excluding carboxylic acids is 1. The van der Waals surface area contributed by atoms with Gasteiger partial charge in [-0.2, -0.15) is 0 Å². The summed E-state index contributed by atoms with van der Waals surface area (Å²) < 4.78 is 5.44. The highest BCUT2D eigenvalue weighted by Crippen LogP contribution is 2.20. The third kappa shape index (κ3) is 2.84. The number of carbonyl (C=O) groups is 1. The highest BCUT2D eigenvalue weighted by Gasteiger charge is 2.14. The first-order chi connectivity index (χ1) is 7.25. The number of nitrogens with one attached hydrogen (secondary N) is 1. The van der Waals surface area contributed by atoms with Gasteiger partial charge in [0, 0.05) is 9.61 Å². The van der Waals surface area contributed by atoms with Crippen LogP contribution >= 0.6 is 22.6 Å². The van der Waals surface area contributed by atoms with Crippen LogP contribution in [-0.2, 0) is 16.0 Å². The molecular weight excluding hydrogens is 305 g/mol. The lowest BCUT2D eigenvalue weighted by molar-refractivity contribution is -0.141. The smallest absolute Gasteiger partial charge is 0.325 e. The largest absolute Gasteiger partial charge is 0.463 e. The number of alkyl halides is 1. The van der Waals surface area contributed by atoms with Crippen LogP contribution in [0.25, 0.3) is 0 Å². The molecule has 0 radical (unpaired) electrons. The zero-order valence-corrected chi connectivity index (χ0v) is 10.4. The third-order valence-corrected chi connectivity index (χ3v) is 3.11. The van der Waals surface area contributed by atoms with Gasteiger partial charge in [0.25, 0.3) is 0 Å². The maximum atomic E-state index is 11.3. The van der Waals surface area contributed by atoms with Crippen molar-refractivity contribution in [3.05, 3.63) is 29.8 Å². The molecule has 2 rings (SSSR count). The summed E-state index contributed by atoms with van der Waals surface area (Å²) in [5.74, 6) is -0.187. The minimum absolute atomic E-state index is 0.187. The molecule has 0 saturated carbocycles.